The molecule has 3 aromatic carbocycles. The van der Waals surface area contributed by atoms with E-state index in [-0.39, 0.29) is 17.4 Å². The number of ether oxygens (including phenoxy) is 2. The summed E-state index contributed by atoms with van der Waals surface area (Å²) in [6, 6.07) is 19.6. The molecule has 0 spiro atoms. The minimum absolute atomic E-state index is 0.106. The van der Waals surface area contributed by atoms with Crippen molar-refractivity contribution in [2.75, 3.05) is 19.1 Å². The second kappa shape index (κ2) is 8.85. The lowest BCUT2D eigenvalue weighted by molar-refractivity contribution is -0.113. The quantitative estimate of drug-likeness (QED) is 0.342. The highest BCUT2D eigenvalue weighted by Crippen LogP contribution is 2.39. The standard InChI is InChI=1S/C26H19ClN2O4S/c1-32-20-12-7-15(14-21(20)33-2)13-19-26(31)29(16-8-10-17(30)11-9-16)25(28-19)24-23(27)18-5-3-4-6-22(18)34-24/h3-14,30H,1-2H3/b19-13+. The molecule has 1 N–H and O–H groups in total. The number of nitrogens with zero attached hydrogens (tertiary/aromatic N) is 2. The van der Waals surface area contributed by atoms with E-state index in [9.17, 15) is 9.90 Å². The number of carbonyl (C=O) groups is 1. The number of aromatic hydroxyl groups is 1. The molecule has 0 saturated heterocycles. The molecule has 0 radical (unpaired) electrons. The predicted octanol–water partition coefficient (Wildman–Crippen LogP) is 6.11. The highest BCUT2D eigenvalue weighted by molar-refractivity contribution is 7.21. The highest BCUT2D eigenvalue weighted by Gasteiger charge is 2.35. The smallest absolute Gasteiger partial charge is 0.282 e. The highest BCUT2D eigenvalue weighted by atomic mass is 35.5. The number of anilines is 1. The lowest BCUT2D eigenvalue weighted by Crippen LogP contribution is -2.32. The summed E-state index contributed by atoms with van der Waals surface area (Å²) in [5.41, 5.74) is 1.56. The van der Waals surface area contributed by atoms with Gasteiger partial charge in [-0.25, -0.2) is 4.99 Å². The van der Waals surface area contributed by atoms with Gasteiger partial charge in [-0.15, -0.1) is 11.3 Å². The van der Waals surface area contributed by atoms with Gasteiger partial charge in [0.05, 0.1) is 29.8 Å². The number of hydrogen-bond acceptors (Lipinski definition) is 6. The van der Waals surface area contributed by atoms with Crippen molar-refractivity contribution >= 4 is 56.5 Å². The number of rotatable bonds is 5. The van der Waals surface area contributed by atoms with Crippen LogP contribution in [0.25, 0.3) is 16.2 Å². The summed E-state index contributed by atoms with van der Waals surface area (Å²) in [6.07, 6.45) is 1.70. The van der Waals surface area contributed by atoms with Gasteiger partial charge in [0.2, 0.25) is 0 Å². The van der Waals surface area contributed by atoms with Crippen molar-refractivity contribution in [2.24, 2.45) is 4.99 Å². The van der Waals surface area contributed by atoms with Gasteiger partial charge in [0.25, 0.3) is 5.91 Å². The molecular weight excluding hydrogens is 472 g/mol. The molecule has 1 aromatic heterocycles. The van der Waals surface area contributed by atoms with E-state index in [2.05, 4.69) is 0 Å². The number of fused-ring (bicyclic) bond motifs is 1. The van der Waals surface area contributed by atoms with Crippen LogP contribution in [0.3, 0.4) is 0 Å². The van der Waals surface area contributed by atoms with Crippen LogP contribution < -0.4 is 14.4 Å². The average molecular weight is 491 g/mol. The minimum atomic E-state index is -0.302. The van der Waals surface area contributed by atoms with Crippen molar-refractivity contribution in [2.45, 2.75) is 0 Å². The first kappa shape index (κ1) is 22.0. The molecule has 1 aliphatic rings. The largest absolute Gasteiger partial charge is 0.508 e. The van der Waals surface area contributed by atoms with E-state index < -0.39 is 0 Å². The molecule has 0 unspecified atom stereocenters. The molecule has 4 aromatic rings. The van der Waals surface area contributed by atoms with Crippen LogP contribution in [0.2, 0.25) is 5.02 Å². The summed E-state index contributed by atoms with van der Waals surface area (Å²) in [5.74, 6) is 1.39. The number of carbonyl (C=O) groups excluding carboxylic acids is 1. The Kier molecular flexibility index (Phi) is 5.73. The molecule has 0 bridgehead atoms. The number of aliphatic imine (C=N–C) groups is 1. The van der Waals surface area contributed by atoms with Crippen LogP contribution in [-0.4, -0.2) is 31.1 Å². The summed E-state index contributed by atoms with van der Waals surface area (Å²) in [4.78, 5) is 20.5. The summed E-state index contributed by atoms with van der Waals surface area (Å²) in [5, 5.41) is 11.2. The first-order chi connectivity index (χ1) is 16.5. The maximum absolute atomic E-state index is 13.6. The van der Waals surface area contributed by atoms with Gasteiger partial charge >= 0.3 is 0 Å². The summed E-state index contributed by atoms with van der Waals surface area (Å²) >= 11 is 8.22. The fourth-order valence-corrected chi connectivity index (χ4v) is 5.26. The van der Waals surface area contributed by atoms with Gasteiger partial charge in [-0.2, -0.15) is 0 Å². The molecule has 1 amide bonds. The van der Waals surface area contributed by atoms with E-state index >= 15 is 0 Å². The number of hydrogen-bond donors (Lipinski definition) is 1. The summed E-state index contributed by atoms with van der Waals surface area (Å²) in [6.45, 7) is 0. The van der Waals surface area contributed by atoms with Gasteiger partial charge in [-0.3, -0.25) is 9.69 Å². The normalized spacial score (nSPS) is 14.7. The molecule has 8 heteroatoms. The van der Waals surface area contributed by atoms with Crippen molar-refractivity contribution in [3.63, 3.8) is 0 Å². The van der Waals surface area contributed by atoms with Crippen molar-refractivity contribution in [3.8, 4) is 17.2 Å². The minimum Gasteiger partial charge on any atom is -0.508 e. The van der Waals surface area contributed by atoms with Gasteiger partial charge in [0.1, 0.15) is 11.4 Å². The zero-order chi connectivity index (χ0) is 23.8. The van der Waals surface area contributed by atoms with Crippen molar-refractivity contribution < 1.29 is 19.4 Å². The summed E-state index contributed by atoms with van der Waals surface area (Å²) in [7, 11) is 3.12. The molecule has 2 heterocycles. The van der Waals surface area contributed by atoms with E-state index in [0.717, 1.165) is 15.6 Å². The number of thiophene rings is 1. The molecule has 5 rings (SSSR count). The van der Waals surface area contributed by atoms with Crippen LogP contribution in [0.1, 0.15) is 10.4 Å². The third-order valence-electron chi connectivity index (χ3n) is 5.42. The number of amidine groups is 1. The molecule has 170 valence electrons. The maximum Gasteiger partial charge on any atom is 0.282 e. The monoisotopic (exact) mass is 490 g/mol. The topological polar surface area (TPSA) is 71.4 Å². The lowest BCUT2D eigenvalue weighted by atomic mass is 10.1. The Morgan fingerprint density at radius 1 is 1.00 bits per heavy atom. The number of benzene rings is 3. The first-order valence-electron chi connectivity index (χ1n) is 10.3. The van der Waals surface area contributed by atoms with Gasteiger partial charge in [0.15, 0.2) is 17.3 Å². The van der Waals surface area contributed by atoms with Crippen LogP contribution in [0.15, 0.2) is 77.4 Å². The Morgan fingerprint density at radius 3 is 2.44 bits per heavy atom. The molecule has 0 saturated carbocycles. The molecule has 1 aliphatic heterocycles. The average Bonchev–Trinajstić information content (AvgIpc) is 3.36. The first-order valence-corrected chi connectivity index (χ1v) is 11.5. The van der Waals surface area contributed by atoms with Crippen molar-refractivity contribution in [1.82, 2.24) is 0 Å². The molecule has 6 nitrogen and oxygen atoms in total. The molecule has 0 fully saturated rings. The predicted molar refractivity (Wildman–Crippen MR) is 136 cm³/mol. The van der Waals surface area contributed by atoms with Gasteiger partial charge in [-0.1, -0.05) is 35.9 Å². The molecular formula is C26H19ClN2O4S. The van der Waals surface area contributed by atoms with Gasteiger partial charge in [0, 0.05) is 10.1 Å². The van der Waals surface area contributed by atoms with Crippen LogP contribution in [0, 0.1) is 0 Å². The van der Waals surface area contributed by atoms with Crippen LogP contribution >= 0.6 is 22.9 Å². The van der Waals surface area contributed by atoms with Crippen LogP contribution in [0.5, 0.6) is 17.2 Å². The van der Waals surface area contributed by atoms with E-state index in [4.69, 9.17) is 26.1 Å². The molecule has 0 atom stereocenters. The number of amides is 1. The SMILES string of the molecule is COc1ccc(/C=C2/N=C(c3sc4ccccc4c3Cl)N(c3ccc(O)cc3)C2=O)cc1OC. The van der Waals surface area contributed by atoms with E-state index in [1.165, 1.54) is 28.4 Å². The van der Waals surface area contributed by atoms with Crippen LogP contribution in [-0.2, 0) is 4.79 Å². The molecule has 0 aliphatic carbocycles. The Morgan fingerprint density at radius 2 is 1.74 bits per heavy atom. The zero-order valence-corrected chi connectivity index (χ0v) is 19.9. The van der Waals surface area contributed by atoms with Gasteiger partial charge < -0.3 is 14.6 Å². The third kappa shape index (κ3) is 3.79. The zero-order valence-electron chi connectivity index (χ0n) is 18.3. The van der Waals surface area contributed by atoms with Crippen LogP contribution in [0.4, 0.5) is 5.69 Å². The second-order valence-corrected chi connectivity index (χ2v) is 8.91. The molecule has 34 heavy (non-hydrogen) atoms. The Labute approximate surface area is 205 Å². The van der Waals surface area contributed by atoms with Gasteiger partial charge in [-0.05, 0) is 54.1 Å². The second-order valence-electron chi connectivity index (χ2n) is 7.48. The summed E-state index contributed by atoms with van der Waals surface area (Å²) < 4.78 is 11.7. The Bertz CT molecular complexity index is 1470. The number of phenolic OH excluding ortho intramolecular Hbond substituents is 1. The Hall–Kier alpha value is -3.81. The Balaban J connectivity index is 1.66. The number of phenols is 1. The fraction of sp³-hybridized carbons (Fsp3) is 0.0769. The van der Waals surface area contributed by atoms with E-state index in [0.29, 0.717) is 32.9 Å². The number of methoxy groups -OCH3 is 2. The third-order valence-corrected chi connectivity index (χ3v) is 7.09. The number of halogens is 1. The van der Waals surface area contributed by atoms with E-state index in [1.807, 2.05) is 30.3 Å². The van der Waals surface area contributed by atoms with E-state index in [1.54, 1.807) is 44.6 Å². The fourth-order valence-electron chi connectivity index (χ4n) is 3.77. The maximum atomic E-state index is 13.6. The lowest BCUT2D eigenvalue weighted by Gasteiger charge is -2.18. The van der Waals surface area contributed by atoms with Crippen molar-refractivity contribution in [3.05, 3.63) is 87.9 Å². The van der Waals surface area contributed by atoms with Crippen molar-refractivity contribution in [1.29, 1.82) is 0 Å².